The molecule has 4 heteroatoms. The number of anilines is 1. The van der Waals surface area contributed by atoms with Gasteiger partial charge in [0.25, 0.3) is 0 Å². The molecular formula is C11H17IN2O. The Bertz CT molecular complexity index is 359. The summed E-state index contributed by atoms with van der Waals surface area (Å²) in [4.78, 5) is 0. The van der Waals surface area contributed by atoms with Gasteiger partial charge in [-0.2, -0.15) is 0 Å². The van der Waals surface area contributed by atoms with Gasteiger partial charge in [-0.25, -0.2) is 0 Å². The Balaban J connectivity index is 2.33. The molecule has 1 unspecified atom stereocenters. The van der Waals surface area contributed by atoms with Crippen molar-refractivity contribution in [3.05, 3.63) is 9.33 Å². The van der Waals surface area contributed by atoms with Crippen molar-refractivity contribution >= 4 is 28.4 Å². The lowest BCUT2D eigenvalue weighted by Gasteiger charge is -2.37. The standard InChI is InChI=1S/C11H17IN2O/c1-11(2)6-4-3-5-7(11)9-8(12)10(13)14-15-9/h7H,3-6H2,1-2H3,(H2,13,14). The topological polar surface area (TPSA) is 52.0 Å². The number of hydrogen-bond donors (Lipinski definition) is 1. The largest absolute Gasteiger partial charge is 0.380 e. The van der Waals surface area contributed by atoms with E-state index in [1.54, 1.807) is 0 Å². The summed E-state index contributed by atoms with van der Waals surface area (Å²) >= 11 is 2.24. The molecule has 0 aromatic carbocycles. The molecule has 0 radical (unpaired) electrons. The predicted octanol–water partition coefficient (Wildman–Crippen LogP) is 3.55. The molecule has 0 bridgehead atoms. The fourth-order valence-electron chi connectivity index (χ4n) is 2.50. The highest BCUT2D eigenvalue weighted by molar-refractivity contribution is 14.1. The van der Waals surface area contributed by atoms with Gasteiger partial charge in [0.15, 0.2) is 11.6 Å². The average molecular weight is 320 g/mol. The maximum absolute atomic E-state index is 5.72. The molecule has 1 aromatic heterocycles. The molecule has 0 aliphatic heterocycles. The van der Waals surface area contributed by atoms with Crippen molar-refractivity contribution in [2.24, 2.45) is 5.41 Å². The molecule has 3 nitrogen and oxygen atoms in total. The van der Waals surface area contributed by atoms with Crippen LogP contribution in [-0.2, 0) is 0 Å². The predicted molar refractivity (Wildman–Crippen MR) is 68.6 cm³/mol. The van der Waals surface area contributed by atoms with Gasteiger partial charge >= 0.3 is 0 Å². The normalized spacial score (nSPS) is 25.4. The van der Waals surface area contributed by atoms with E-state index in [2.05, 4.69) is 41.6 Å². The van der Waals surface area contributed by atoms with Gasteiger partial charge in [0, 0.05) is 5.92 Å². The number of rotatable bonds is 1. The van der Waals surface area contributed by atoms with Crippen molar-refractivity contribution in [3.8, 4) is 0 Å². The molecule has 84 valence electrons. The van der Waals surface area contributed by atoms with Crippen molar-refractivity contribution in [2.75, 3.05) is 5.73 Å². The number of nitrogens with zero attached hydrogens (tertiary/aromatic N) is 1. The number of nitrogens with two attached hydrogens (primary N) is 1. The second-order valence-corrected chi connectivity index (χ2v) is 6.11. The number of hydrogen-bond acceptors (Lipinski definition) is 3. The minimum Gasteiger partial charge on any atom is -0.380 e. The van der Waals surface area contributed by atoms with Crippen LogP contribution in [0.2, 0.25) is 0 Å². The zero-order valence-electron chi connectivity index (χ0n) is 9.22. The van der Waals surface area contributed by atoms with Crippen molar-refractivity contribution in [1.29, 1.82) is 0 Å². The molecule has 0 saturated heterocycles. The van der Waals surface area contributed by atoms with Crippen LogP contribution < -0.4 is 5.73 Å². The van der Waals surface area contributed by atoms with Crippen LogP contribution in [0.4, 0.5) is 5.82 Å². The molecule has 15 heavy (non-hydrogen) atoms. The van der Waals surface area contributed by atoms with Crippen LogP contribution in [-0.4, -0.2) is 5.16 Å². The van der Waals surface area contributed by atoms with Gasteiger partial charge in [-0.15, -0.1) is 0 Å². The highest BCUT2D eigenvalue weighted by Gasteiger charge is 2.37. The van der Waals surface area contributed by atoms with Gasteiger partial charge in [0.2, 0.25) is 0 Å². The van der Waals surface area contributed by atoms with E-state index in [1.165, 1.54) is 25.7 Å². The maximum Gasteiger partial charge on any atom is 0.180 e. The fourth-order valence-corrected chi connectivity index (χ4v) is 3.07. The van der Waals surface area contributed by atoms with E-state index in [9.17, 15) is 0 Å². The Kier molecular flexibility index (Phi) is 2.96. The third kappa shape index (κ3) is 2.00. The lowest BCUT2D eigenvalue weighted by Crippen LogP contribution is -2.26. The summed E-state index contributed by atoms with van der Waals surface area (Å²) in [7, 11) is 0. The molecule has 1 aliphatic carbocycles. The van der Waals surface area contributed by atoms with Gasteiger partial charge < -0.3 is 10.3 Å². The molecule has 2 N–H and O–H groups in total. The first-order chi connectivity index (χ1) is 7.02. The first-order valence-corrected chi connectivity index (χ1v) is 6.51. The lowest BCUT2D eigenvalue weighted by atomic mass is 9.68. The molecular weight excluding hydrogens is 303 g/mol. The molecule has 1 fully saturated rings. The Morgan fingerprint density at radius 1 is 1.47 bits per heavy atom. The van der Waals surface area contributed by atoms with Crippen LogP contribution in [0.25, 0.3) is 0 Å². The minimum absolute atomic E-state index is 0.310. The van der Waals surface area contributed by atoms with Crippen LogP contribution in [0, 0.1) is 8.99 Å². The van der Waals surface area contributed by atoms with Gasteiger partial charge in [0.1, 0.15) is 0 Å². The third-order valence-electron chi connectivity index (χ3n) is 3.51. The molecule has 2 rings (SSSR count). The van der Waals surface area contributed by atoms with E-state index < -0.39 is 0 Å². The Morgan fingerprint density at radius 3 is 2.73 bits per heavy atom. The highest BCUT2D eigenvalue weighted by Crippen LogP contribution is 2.48. The third-order valence-corrected chi connectivity index (χ3v) is 4.59. The molecule has 0 spiro atoms. The highest BCUT2D eigenvalue weighted by atomic mass is 127. The molecule has 1 aliphatic rings. The van der Waals surface area contributed by atoms with Gasteiger partial charge in [-0.1, -0.05) is 31.8 Å². The summed E-state index contributed by atoms with van der Waals surface area (Å²) in [6, 6.07) is 0. The quantitative estimate of drug-likeness (QED) is 0.805. The number of aromatic nitrogens is 1. The van der Waals surface area contributed by atoms with Crippen LogP contribution in [0.3, 0.4) is 0 Å². The van der Waals surface area contributed by atoms with Crippen molar-refractivity contribution in [2.45, 2.75) is 45.4 Å². The van der Waals surface area contributed by atoms with Crippen LogP contribution in [0.5, 0.6) is 0 Å². The molecule has 0 amide bonds. The summed E-state index contributed by atoms with van der Waals surface area (Å²) in [5, 5.41) is 3.85. The zero-order chi connectivity index (χ0) is 11.1. The maximum atomic E-state index is 5.72. The second kappa shape index (κ2) is 3.96. The summed E-state index contributed by atoms with van der Waals surface area (Å²) in [6.45, 7) is 4.62. The Morgan fingerprint density at radius 2 is 2.20 bits per heavy atom. The van der Waals surface area contributed by atoms with Gasteiger partial charge in [0.05, 0.1) is 3.57 Å². The van der Waals surface area contributed by atoms with Crippen molar-refractivity contribution in [1.82, 2.24) is 5.16 Å². The van der Waals surface area contributed by atoms with Crippen LogP contribution in [0.1, 0.15) is 51.2 Å². The summed E-state index contributed by atoms with van der Waals surface area (Å²) < 4.78 is 6.39. The van der Waals surface area contributed by atoms with E-state index >= 15 is 0 Å². The molecule has 1 atom stereocenters. The second-order valence-electron chi connectivity index (χ2n) is 5.03. The number of halogens is 1. The van der Waals surface area contributed by atoms with E-state index in [-0.39, 0.29) is 0 Å². The minimum atomic E-state index is 0.310. The monoisotopic (exact) mass is 320 g/mol. The number of nitrogen functional groups attached to an aromatic ring is 1. The first-order valence-electron chi connectivity index (χ1n) is 5.43. The van der Waals surface area contributed by atoms with Gasteiger partial charge in [-0.3, -0.25) is 0 Å². The van der Waals surface area contributed by atoms with E-state index in [1.807, 2.05) is 0 Å². The zero-order valence-corrected chi connectivity index (χ0v) is 11.4. The van der Waals surface area contributed by atoms with E-state index in [4.69, 9.17) is 10.3 Å². The van der Waals surface area contributed by atoms with Crippen LogP contribution >= 0.6 is 22.6 Å². The fraction of sp³-hybridized carbons (Fsp3) is 0.727. The van der Waals surface area contributed by atoms with E-state index in [0.29, 0.717) is 17.2 Å². The first kappa shape index (κ1) is 11.2. The Labute approximate surface area is 104 Å². The Hall–Kier alpha value is -0.260. The van der Waals surface area contributed by atoms with Crippen molar-refractivity contribution in [3.63, 3.8) is 0 Å². The van der Waals surface area contributed by atoms with E-state index in [0.717, 1.165) is 9.33 Å². The molecule has 1 aromatic rings. The SMILES string of the molecule is CC1(C)CCCCC1c1onc(N)c1I. The smallest absolute Gasteiger partial charge is 0.180 e. The lowest BCUT2D eigenvalue weighted by molar-refractivity contribution is 0.168. The van der Waals surface area contributed by atoms with Crippen molar-refractivity contribution < 1.29 is 4.52 Å². The van der Waals surface area contributed by atoms with Gasteiger partial charge in [-0.05, 0) is 40.8 Å². The summed E-state index contributed by atoms with van der Waals surface area (Å²) in [5.41, 5.74) is 6.03. The molecule has 1 heterocycles. The summed E-state index contributed by atoms with van der Waals surface area (Å²) in [6.07, 6.45) is 5.06. The summed E-state index contributed by atoms with van der Waals surface area (Å²) in [5.74, 6) is 2.01. The molecule has 1 saturated carbocycles. The van der Waals surface area contributed by atoms with Crippen LogP contribution in [0.15, 0.2) is 4.52 Å². The average Bonchev–Trinajstić information content (AvgIpc) is 2.48.